The lowest BCUT2D eigenvalue weighted by Crippen LogP contribution is -2.17. The molecule has 2 rings (SSSR count). The van der Waals surface area contributed by atoms with Gasteiger partial charge < -0.3 is 9.47 Å². The fraction of sp³-hybridized carbons (Fsp3) is 0.222. The summed E-state index contributed by atoms with van der Waals surface area (Å²) in [6, 6.07) is 11.0. The Morgan fingerprint density at radius 3 is 2.38 bits per heavy atom. The third kappa shape index (κ3) is 4.35. The van der Waals surface area contributed by atoms with Crippen molar-refractivity contribution in [2.75, 3.05) is 14.2 Å². The number of methoxy groups -OCH3 is 2. The molecule has 1 amide bonds. The second-order valence-corrected chi connectivity index (χ2v) is 5.83. The number of amides is 1. The summed E-state index contributed by atoms with van der Waals surface area (Å²) in [5.74, 6) is 0.940. The van der Waals surface area contributed by atoms with E-state index in [9.17, 15) is 4.79 Å². The zero-order valence-electron chi connectivity index (χ0n) is 13.8. The number of hydrogen-bond donors (Lipinski definition) is 1. The Morgan fingerprint density at radius 2 is 1.79 bits per heavy atom. The van der Waals surface area contributed by atoms with Crippen molar-refractivity contribution >= 4 is 28.1 Å². The fourth-order valence-electron chi connectivity index (χ4n) is 2.09. The molecule has 2 aromatic carbocycles. The molecule has 0 aromatic heterocycles. The van der Waals surface area contributed by atoms with Crippen LogP contribution in [0.4, 0.5) is 0 Å². The van der Waals surface area contributed by atoms with Crippen molar-refractivity contribution < 1.29 is 14.3 Å². The van der Waals surface area contributed by atoms with Gasteiger partial charge in [-0.1, -0.05) is 19.1 Å². The van der Waals surface area contributed by atoms with Crippen molar-refractivity contribution in [1.29, 1.82) is 0 Å². The Kier molecular flexibility index (Phi) is 6.37. The largest absolute Gasteiger partial charge is 0.493 e. The van der Waals surface area contributed by atoms with Crippen LogP contribution in [0.25, 0.3) is 0 Å². The standard InChI is InChI=1S/C18H19BrN2O3/c1-4-12-5-7-13(8-6-12)18(22)21-20-11-14-9-16(23-2)17(24-3)10-15(14)19/h5-11H,4H2,1-3H3,(H,21,22)/b20-11-. The first-order chi connectivity index (χ1) is 11.6. The molecule has 0 bridgehead atoms. The number of hydrazone groups is 1. The highest BCUT2D eigenvalue weighted by molar-refractivity contribution is 9.10. The lowest BCUT2D eigenvalue weighted by atomic mass is 10.1. The SMILES string of the molecule is CCc1ccc(C(=O)N/N=C\c2cc(OC)c(OC)cc2Br)cc1. The molecule has 5 nitrogen and oxygen atoms in total. The normalized spacial score (nSPS) is 10.7. The van der Waals surface area contributed by atoms with Crippen LogP contribution in [-0.4, -0.2) is 26.3 Å². The maximum absolute atomic E-state index is 12.1. The Hall–Kier alpha value is -2.34. The minimum absolute atomic E-state index is 0.259. The van der Waals surface area contributed by atoms with Crippen LogP contribution in [0.5, 0.6) is 11.5 Å². The van der Waals surface area contributed by atoms with Gasteiger partial charge in [0.2, 0.25) is 0 Å². The molecule has 0 atom stereocenters. The van der Waals surface area contributed by atoms with Gasteiger partial charge in [-0.15, -0.1) is 0 Å². The molecule has 0 spiro atoms. The van der Waals surface area contributed by atoms with Crippen LogP contribution in [0, 0.1) is 0 Å². The summed E-state index contributed by atoms with van der Waals surface area (Å²) in [5.41, 5.74) is 5.02. The summed E-state index contributed by atoms with van der Waals surface area (Å²) in [4.78, 5) is 12.1. The zero-order chi connectivity index (χ0) is 17.5. The molecule has 126 valence electrons. The molecular formula is C18H19BrN2O3. The van der Waals surface area contributed by atoms with Gasteiger partial charge >= 0.3 is 0 Å². The van der Waals surface area contributed by atoms with E-state index in [4.69, 9.17) is 9.47 Å². The van der Waals surface area contributed by atoms with E-state index >= 15 is 0 Å². The number of aryl methyl sites for hydroxylation is 1. The van der Waals surface area contributed by atoms with Gasteiger partial charge in [-0.3, -0.25) is 4.79 Å². The highest BCUT2D eigenvalue weighted by Crippen LogP contribution is 2.32. The summed E-state index contributed by atoms with van der Waals surface area (Å²) >= 11 is 3.44. The third-order valence-corrected chi connectivity index (χ3v) is 4.18. The Morgan fingerprint density at radius 1 is 1.17 bits per heavy atom. The van der Waals surface area contributed by atoms with Crippen molar-refractivity contribution in [3.63, 3.8) is 0 Å². The number of ether oxygens (including phenoxy) is 2. The van der Waals surface area contributed by atoms with Crippen molar-refractivity contribution in [2.24, 2.45) is 5.10 Å². The molecule has 0 aliphatic heterocycles. The van der Waals surface area contributed by atoms with E-state index in [2.05, 4.69) is 33.4 Å². The van der Waals surface area contributed by atoms with E-state index in [1.165, 1.54) is 5.56 Å². The van der Waals surface area contributed by atoms with Crippen LogP contribution < -0.4 is 14.9 Å². The molecule has 0 unspecified atom stereocenters. The van der Waals surface area contributed by atoms with Crippen molar-refractivity contribution in [1.82, 2.24) is 5.43 Å². The highest BCUT2D eigenvalue weighted by Gasteiger charge is 2.08. The number of benzene rings is 2. The van der Waals surface area contributed by atoms with Gasteiger partial charge in [-0.2, -0.15) is 5.10 Å². The molecule has 1 N–H and O–H groups in total. The van der Waals surface area contributed by atoms with Gasteiger partial charge in [0.15, 0.2) is 11.5 Å². The van der Waals surface area contributed by atoms with E-state index in [1.54, 1.807) is 44.7 Å². The second kappa shape index (κ2) is 8.49. The summed E-state index contributed by atoms with van der Waals surface area (Å²) < 4.78 is 11.3. The van der Waals surface area contributed by atoms with Crippen LogP contribution in [0.1, 0.15) is 28.4 Å². The topological polar surface area (TPSA) is 59.9 Å². The minimum Gasteiger partial charge on any atom is -0.493 e. The molecule has 6 heteroatoms. The van der Waals surface area contributed by atoms with Crippen LogP contribution in [0.15, 0.2) is 46.0 Å². The second-order valence-electron chi connectivity index (χ2n) is 4.98. The summed E-state index contributed by atoms with van der Waals surface area (Å²) in [7, 11) is 3.14. The number of hydrogen-bond acceptors (Lipinski definition) is 4. The lowest BCUT2D eigenvalue weighted by molar-refractivity contribution is 0.0955. The Bertz CT molecular complexity index is 743. The number of rotatable bonds is 6. The van der Waals surface area contributed by atoms with Gasteiger partial charge in [0.1, 0.15) is 0 Å². The predicted octanol–water partition coefficient (Wildman–Crippen LogP) is 3.79. The minimum atomic E-state index is -0.259. The van der Waals surface area contributed by atoms with Gasteiger partial charge in [-0.05, 0) is 52.2 Å². The Labute approximate surface area is 149 Å². The van der Waals surface area contributed by atoms with Crippen LogP contribution in [0.3, 0.4) is 0 Å². The molecule has 24 heavy (non-hydrogen) atoms. The molecule has 0 saturated heterocycles. The van der Waals surface area contributed by atoms with E-state index in [1.807, 2.05) is 12.1 Å². The van der Waals surface area contributed by atoms with Gasteiger partial charge in [0.05, 0.1) is 20.4 Å². The first kappa shape index (κ1) is 18.0. The number of nitrogens with zero attached hydrogens (tertiary/aromatic N) is 1. The van der Waals surface area contributed by atoms with E-state index in [0.717, 1.165) is 16.5 Å². The maximum Gasteiger partial charge on any atom is 0.271 e. The fourth-order valence-corrected chi connectivity index (χ4v) is 2.51. The predicted molar refractivity (Wildman–Crippen MR) is 98.1 cm³/mol. The molecule has 0 radical (unpaired) electrons. The quantitative estimate of drug-likeness (QED) is 0.602. The van der Waals surface area contributed by atoms with Crippen molar-refractivity contribution in [3.8, 4) is 11.5 Å². The summed E-state index contributed by atoms with van der Waals surface area (Å²) in [6.07, 6.45) is 2.48. The molecule has 0 aliphatic rings. The third-order valence-electron chi connectivity index (χ3n) is 3.50. The number of nitrogens with one attached hydrogen (secondary N) is 1. The first-order valence-electron chi connectivity index (χ1n) is 7.43. The first-order valence-corrected chi connectivity index (χ1v) is 8.22. The van der Waals surface area contributed by atoms with Gasteiger partial charge in [0, 0.05) is 15.6 Å². The van der Waals surface area contributed by atoms with E-state index in [0.29, 0.717) is 17.1 Å². The van der Waals surface area contributed by atoms with Gasteiger partial charge in [0.25, 0.3) is 5.91 Å². The van der Waals surface area contributed by atoms with Crippen molar-refractivity contribution in [3.05, 3.63) is 57.6 Å². The maximum atomic E-state index is 12.1. The number of halogens is 1. The van der Waals surface area contributed by atoms with Crippen LogP contribution in [-0.2, 0) is 6.42 Å². The average molecular weight is 391 g/mol. The smallest absolute Gasteiger partial charge is 0.271 e. The average Bonchev–Trinajstić information content (AvgIpc) is 2.62. The summed E-state index contributed by atoms with van der Waals surface area (Å²) in [5, 5.41) is 4.00. The number of carbonyl (C=O) groups is 1. The molecule has 0 fully saturated rings. The van der Waals surface area contributed by atoms with E-state index < -0.39 is 0 Å². The summed E-state index contributed by atoms with van der Waals surface area (Å²) in [6.45, 7) is 2.07. The highest BCUT2D eigenvalue weighted by atomic mass is 79.9. The zero-order valence-corrected chi connectivity index (χ0v) is 15.4. The Balaban J connectivity index is 2.09. The molecule has 0 saturated carbocycles. The number of carbonyl (C=O) groups excluding carboxylic acids is 1. The monoisotopic (exact) mass is 390 g/mol. The lowest BCUT2D eigenvalue weighted by Gasteiger charge is -2.09. The van der Waals surface area contributed by atoms with Gasteiger partial charge in [-0.25, -0.2) is 5.43 Å². The van der Waals surface area contributed by atoms with Crippen LogP contribution in [0.2, 0.25) is 0 Å². The van der Waals surface area contributed by atoms with E-state index in [-0.39, 0.29) is 5.91 Å². The molecule has 0 aliphatic carbocycles. The van der Waals surface area contributed by atoms with Crippen molar-refractivity contribution in [2.45, 2.75) is 13.3 Å². The molecule has 0 heterocycles. The molecular weight excluding hydrogens is 372 g/mol. The van der Waals surface area contributed by atoms with Crippen LogP contribution >= 0.6 is 15.9 Å². The molecule has 2 aromatic rings.